The van der Waals surface area contributed by atoms with Gasteiger partial charge in [-0.05, 0) is 18.9 Å². The van der Waals surface area contributed by atoms with Crippen LogP contribution in [0.5, 0.6) is 0 Å². The number of hydrogen-bond donors (Lipinski definition) is 0. The van der Waals surface area contributed by atoms with Crippen LogP contribution in [0.15, 0.2) is 24.2 Å². The van der Waals surface area contributed by atoms with Gasteiger partial charge >= 0.3 is 11.9 Å². The lowest BCUT2D eigenvalue weighted by molar-refractivity contribution is -0.140. The van der Waals surface area contributed by atoms with Crippen LogP contribution < -0.4 is 0 Å². The van der Waals surface area contributed by atoms with Crippen molar-refractivity contribution in [3.8, 4) is 0 Å². The van der Waals surface area contributed by atoms with Crippen molar-refractivity contribution in [2.24, 2.45) is 0 Å². The SMILES string of the molecule is C=C(CC)OC(=O)CCCCC.CCC(=O)OC1=CCC1. The molecule has 120 valence electrons. The quantitative estimate of drug-likeness (QED) is 0.371. The predicted octanol–water partition coefficient (Wildman–Crippen LogP) is 4.65. The molecule has 1 rings (SSSR count). The first-order chi connectivity index (χ1) is 10.0. The molecule has 4 heteroatoms. The van der Waals surface area contributed by atoms with Crippen LogP contribution in [-0.4, -0.2) is 11.9 Å². The maximum Gasteiger partial charge on any atom is 0.310 e. The van der Waals surface area contributed by atoms with Crippen LogP contribution in [0.4, 0.5) is 0 Å². The molecule has 21 heavy (non-hydrogen) atoms. The van der Waals surface area contributed by atoms with Gasteiger partial charge in [-0.1, -0.05) is 40.2 Å². The number of esters is 2. The Hall–Kier alpha value is -1.58. The van der Waals surface area contributed by atoms with E-state index in [9.17, 15) is 9.59 Å². The molecule has 0 N–H and O–H groups in total. The predicted molar refractivity (Wildman–Crippen MR) is 83.4 cm³/mol. The molecule has 0 amide bonds. The van der Waals surface area contributed by atoms with E-state index >= 15 is 0 Å². The zero-order chi connectivity index (χ0) is 16.1. The molecular weight excluding hydrogens is 268 g/mol. The molecule has 0 aromatic rings. The van der Waals surface area contributed by atoms with Gasteiger partial charge in [0.2, 0.25) is 0 Å². The molecule has 0 saturated carbocycles. The van der Waals surface area contributed by atoms with Crippen molar-refractivity contribution < 1.29 is 19.1 Å². The maximum atomic E-state index is 11.0. The van der Waals surface area contributed by atoms with Gasteiger partial charge in [0.05, 0.1) is 0 Å². The Balaban J connectivity index is 0.000000394. The summed E-state index contributed by atoms with van der Waals surface area (Å²) in [6.07, 6.45) is 8.78. The minimum absolute atomic E-state index is 0.124. The van der Waals surface area contributed by atoms with Gasteiger partial charge in [-0.25, -0.2) is 0 Å². The molecule has 0 aromatic heterocycles. The number of rotatable bonds is 8. The first-order valence-electron chi connectivity index (χ1n) is 7.81. The van der Waals surface area contributed by atoms with E-state index in [-0.39, 0.29) is 11.9 Å². The highest BCUT2D eigenvalue weighted by Crippen LogP contribution is 2.18. The fourth-order valence-electron chi connectivity index (χ4n) is 1.38. The Morgan fingerprint density at radius 3 is 2.24 bits per heavy atom. The van der Waals surface area contributed by atoms with E-state index in [1.54, 1.807) is 6.92 Å². The second-order valence-electron chi connectivity index (χ2n) is 4.86. The van der Waals surface area contributed by atoms with E-state index in [4.69, 9.17) is 9.47 Å². The lowest BCUT2D eigenvalue weighted by atomic mass is 10.1. The van der Waals surface area contributed by atoms with Crippen molar-refractivity contribution in [3.63, 3.8) is 0 Å². The number of carbonyl (C=O) groups excluding carboxylic acids is 2. The number of unbranched alkanes of at least 4 members (excludes halogenated alkanes) is 2. The Labute approximate surface area is 128 Å². The highest BCUT2D eigenvalue weighted by molar-refractivity contribution is 5.70. The Morgan fingerprint density at radius 1 is 1.14 bits per heavy atom. The third-order valence-electron chi connectivity index (χ3n) is 2.93. The zero-order valence-corrected chi connectivity index (χ0v) is 13.6. The fourth-order valence-corrected chi connectivity index (χ4v) is 1.38. The van der Waals surface area contributed by atoms with Crippen LogP contribution >= 0.6 is 0 Å². The third-order valence-corrected chi connectivity index (χ3v) is 2.93. The molecule has 0 heterocycles. The summed E-state index contributed by atoms with van der Waals surface area (Å²) in [5.41, 5.74) is 0. The molecule has 0 aliphatic heterocycles. The molecule has 1 aliphatic carbocycles. The standard InChI is InChI=1S/C10H18O2.C7H10O2/c1-4-6-7-8-10(11)12-9(3)5-2;1-2-7(8)9-6-4-3-5-6/h3-8H2,1-2H3;4H,2-3,5H2,1H3. The Morgan fingerprint density at radius 2 is 1.81 bits per heavy atom. The molecular formula is C17H28O4. The highest BCUT2D eigenvalue weighted by atomic mass is 16.5. The van der Waals surface area contributed by atoms with Crippen LogP contribution in [0.2, 0.25) is 0 Å². The van der Waals surface area contributed by atoms with Gasteiger partial charge in [-0.15, -0.1) is 0 Å². The number of ether oxygens (including phenoxy) is 2. The van der Waals surface area contributed by atoms with Gasteiger partial charge in [0, 0.05) is 25.7 Å². The minimum Gasteiger partial charge on any atom is -0.432 e. The monoisotopic (exact) mass is 296 g/mol. The molecule has 4 nitrogen and oxygen atoms in total. The Bertz CT molecular complexity index is 369. The molecule has 0 radical (unpaired) electrons. The maximum absolute atomic E-state index is 11.0. The van der Waals surface area contributed by atoms with E-state index in [2.05, 4.69) is 13.5 Å². The number of allylic oxidation sites excluding steroid dienone is 3. The van der Waals surface area contributed by atoms with E-state index < -0.39 is 0 Å². The van der Waals surface area contributed by atoms with Crippen molar-refractivity contribution >= 4 is 11.9 Å². The summed E-state index contributed by atoms with van der Waals surface area (Å²) >= 11 is 0. The van der Waals surface area contributed by atoms with Crippen LogP contribution in [0.1, 0.15) is 72.1 Å². The molecule has 0 spiro atoms. The van der Waals surface area contributed by atoms with Crippen molar-refractivity contribution in [1.29, 1.82) is 0 Å². The van der Waals surface area contributed by atoms with Gasteiger partial charge in [0.15, 0.2) is 0 Å². The normalized spacial score (nSPS) is 12.2. The fraction of sp³-hybridized carbons (Fsp3) is 0.647. The molecule has 0 aromatic carbocycles. The second kappa shape index (κ2) is 12.2. The lowest BCUT2D eigenvalue weighted by Gasteiger charge is -2.12. The molecule has 0 bridgehead atoms. The van der Waals surface area contributed by atoms with Gasteiger partial charge < -0.3 is 9.47 Å². The van der Waals surface area contributed by atoms with Gasteiger partial charge in [-0.3, -0.25) is 9.59 Å². The number of carbonyl (C=O) groups is 2. The average molecular weight is 296 g/mol. The van der Waals surface area contributed by atoms with Gasteiger partial charge in [0.25, 0.3) is 0 Å². The van der Waals surface area contributed by atoms with E-state index in [0.717, 1.165) is 37.9 Å². The van der Waals surface area contributed by atoms with Crippen molar-refractivity contribution in [1.82, 2.24) is 0 Å². The minimum atomic E-state index is -0.143. The summed E-state index contributed by atoms with van der Waals surface area (Å²) in [4.78, 5) is 21.6. The average Bonchev–Trinajstić information content (AvgIpc) is 2.43. The van der Waals surface area contributed by atoms with Crippen molar-refractivity contribution in [2.45, 2.75) is 72.1 Å². The molecule has 0 atom stereocenters. The summed E-state index contributed by atoms with van der Waals surface area (Å²) in [7, 11) is 0. The molecule has 0 fully saturated rings. The van der Waals surface area contributed by atoms with Crippen molar-refractivity contribution in [2.75, 3.05) is 0 Å². The van der Waals surface area contributed by atoms with Crippen LogP contribution in [0, 0.1) is 0 Å². The van der Waals surface area contributed by atoms with Gasteiger partial charge in [-0.2, -0.15) is 0 Å². The van der Waals surface area contributed by atoms with E-state index in [0.29, 0.717) is 25.0 Å². The highest BCUT2D eigenvalue weighted by Gasteiger charge is 2.09. The van der Waals surface area contributed by atoms with Crippen LogP contribution in [-0.2, 0) is 19.1 Å². The van der Waals surface area contributed by atoms with E-state index in [1.165, 1.54) is 0 Å². The first-order valence-corrected chi connectivity index (χ1v) is 7.81. The topological polar surface area (TPSA) is 52.6 Å². The number of hydrogen-bond acceptors (Lipinski definition) is 4. The molecule has 1 aliphatic rings. The molecule has 0 saturated heterocycles. The first kappa shape index (κ1) is 19.4. The van der Waals surface area contributed by atoms with E-state index in [1.807, 2.05) is 13.0 Å². The summed E-state index contributed by atoms with van der Waals surface area (Å²) in [5.74, 6) is 1.15. The van der Waals surface area contributed by atoms with Gasteiger partial charge in [0.1, 0.15) is 11.5 Å². The Kier molecular flexibility index (Phi) is 11.3. The summed E-state index contributed by atoms with van der Waals surface area (Å²) in [6.45, 7) is 9.42. The van der Waals surface area contributed by atoms with Crippen LogP contribution in [0.25, 0.3) is 0 Å². The largest absolute Gasteiger partial charge is 0.432 e. The summed E-state index contributed by atoms with van der Waals surface area (Å²) < 4.78 is 9.77. The zero-order valence-electron chi connectivity index (χ0n) is 13.6. The third kappa shape index (κ3) is 10.8. The lowest BCUT2D eigenvalue weighted by Crippen LogP contribution is -2.06. The van der Waals surface area contributed by atoms with Crippen LogP contribution in [0.3, 0.4) is 0 Å². The summed E-state index contributed by atoms with van der Waals surface area (Å²) in [5, 5.41) is 0. The smallest absolute Gasteiger partial charge is 0.310 e. The molecule has 0 unspecified atom stereocenters. The van der Waals surface area contributed by atoms with Crippen molar-refractivity contribution in [3.05, 3.63) is 24.2 Å². The summed E-state index contributed by atoms with van der Waals surface area (Å²) in [6, 6.07) is 0. The second-order valence-corrected chi connectivity index (χ2v) is 4.86.